The molecule has 160 valence electrons. The van der Waals surface area contributed by atoms with Gasteiger partial charge in [0.15, 0.2) is 12.2 Å². The summed E-state index contributed by atoms with van der Waals surface area (Å²) in [5.41, 5.74) is 4.54. The van der Waals surface area contributed by atoms with Crippen LogP contribution in [0.15, 0.2) is 40.7 Å². The Bertz CT molecular complexity index is 907. The summed E-state index contributed by atoms with van der Waals surface area (Å²) >= 11 is 0. The first kappa shape index (κ1) is 20.3. The highest BCUT2D eigenvalue weighted by atomic mass is 16.2. The van der Waals surface area contributed by atoms with Crippen LogP contribution in [-0.2, 0) is 11.2 Å². The molecule has 8 heteroatoms. The molecule has 0 saturated carbocycles. The van der Waals surface area contributed by atoms with Crippen LogP contribution in [0, 0.1) is 0 Å². The molecule has 0 spiro atoms. The van der Waals surface area contributed by atoms with E-state index in [2.05, 4.69) is 46.7 Å². The number of rotatable bonds is 7. The van der Waals surface area contributed by atoms with Gasteiger partial charge in [0.05, 0.1) is 0 Å². The van der Waals surface area contributed by atoms with Crippen molar-refractivity contribution in [3.8, 4) is 0 Å². The number of carbonyl (C=O) groups is 2. The molecule has 1 aromatic rings. The number of aryl methyl sites for hydroxylation is 1. The molecule has 3 amide bonds. The average Bonchev–Trinajstić information content (AvgIpc) is 3.23. The summed E-state index contributed by atoms with van der Waals surface area (Å²) in [4.78, 5) is 34.8. The molecule has 2 unspecified atom stereocenters. The number of hydrogen-bond donors (Lipinski definition) is 2. The van der Waals surface area contributed by atoms with Crippen molar-refractivity contribution < 1.29 is 9.59 Å². The standard InChI is InChI=1S/C22H30N6O2/c1-5-6-7-16-8-10-17(11-9-16)23-12-13-27-14(2)15(3)28-18-19(24-21(27)28)26(4)22(30)25-20(18)29/h8-11,18-19,23H,5-7,12-13H2,1-4H3,(H,25,29,30). The quantitative estimate of drug-likeness (QED) is 0.722. The first-order valence-electron chi connectivity index (χ1n) is 10.6. The zero-order chi connectivity index (χ0) is 21.4. The van der Waals surface area contributed by atoms with Crippen LogP contribution in [0.5, 0.6) is 0 Å². The Kier molecular flexibility index (Phi) is 5.40. The van der Waals surface area contributed by atoms with Gasteiger partial charge in [0.1, 0.15) is 0 Å². The monoisotopic (exact) mass is 410 g/mol. The van der Waals surface area contributed by atoms with Gasteiger partial charge in [0.25, 0.3) is 5.91 Å². The van der Waals surface area contributed by atoms with Gasteiger partial charge in [-0.3, -0.25) is 15.0 Å². The molecule has 3 heterocycles. The highest BCUT2D eigenvalue weighted by molar-refractivity contribution is 6.05. The van der Waals surface area contributed by atoms with E-state index >= 15 is 0 Å². The number of hydrogen-bond acceptors (Lipinski definition) is 6. The van der Waals surface area contributed by atoms with E-state index in [0.29, 0.717) is 0 Å². The van der Waals surface area contributed by atoms with Crippen LogP contribution in [0.25, 0.3) is 0 Å². The minimum absolute atomic E-state index is 0.294. The van der Waals surface area contributed by atoms with Crippen LogP contribution < -0.4 is 10.6 Å². The number of allylic oxidation sites excluding steroid dienone is 2. The molecule has 8 nitrogen and oxygen atoms in total. The number of aliphatic imine (C=N–C) groups is 1. The van der Waals surface area contributed by atoms with Gasteiger partial charge in [0.2, 0.25) is 5.96 Å². The van der Waals surface area contributed by atoms with Crippen LogP contribution in [0.3, 0.4) is 0 Å². The van der Waals surface area contributed by atoms with Crippen molar-refractivity contribution in [2.75, 3.05) is 25.5 Å². The maximum absolute atomic E-state index is 12.5. The van der Waals surface area contributed by atoms with Crippen molar-refractivity contribution in [3.05, 3.63) is 41.2 Å². The molecule has 1 aromatic carbocycles. The van der Waals surface area contributed by atoms with Crippen molar-refractivity contribution >= 4 is 23.6 Å². The number of likely N-dealkylation sites (N-methyl/N-ethyl adjacent to an activating group) is 1. The average molecular weight is 411 g/mol. The largest absolute Gasteiger partial charge is 0.383 e. The topological polar surface area (TPSA) is 80.3 Å². The number of carbonyl (C=O) groups excluding carboxylic acids is 2. The molecule has 3 aliphatic heterocycles. The summed E-state index contributed by atoms with van der Waals surface area (Å²) in [6.07, 6.45) is 3.05. The Morgan fingerprint density at radius 1 is 1.13 bits per heavy atom. The van der Waals surface area contributed by atoms with E-state index < -0.39 is 18.2 Å². The number of urea groups is 1. The van der Waals surface area contributed by atoms with Gasteiger partial charge in [-0.2, -0.15) is 0 Å². The lowest BCUT2D eigenvalue weighted by Crippen LogP contribution is -2.63. The molecule has 0 aliphatic carbocycles. The second-order valence-electron chi connectivity index (χ2n) is 8.11. The molecule has 30 heavy (non-hydrogen) atoms. The van der Waals surface area contributed by atoms with Crippen LogP contribution in [-0.4, -0.2) is 64.9 Å². The van der Waals surface area contributed by atoms with Crippen molar-refractivity contribution in [3.63, 3.8) is 0 Å². The number of benzene rings is 1. The molecule has 2 N–H and O–H groups in total. The SMILES string of the molecule is CCCCc1ccc(NCCN2C3=NC4C(C(=O)NC(=O)N4C)N3C(C)=C2C)cc1. The third kappa shape index (κ3) is 3.40. The second kappa shape index (κ2) is 8.01. The lowest BCUT2D eigenvalue weighted by atomic mass is 10.1. The Morgan fingerprint density at radius 3 is 2.57 bits per heavy atom. The van der Waals surface area contributed by atoms with Crippen molar-refractivity contribution in [1.29, 1.82) is 0 Å². The maximum Gasteiger partial charge on any atom is 0.325 e. The molecular formula is C22H30N6O2. The molecule has 0 radical (unpaired) electrons. The van der Waals surface area contributed by atoms with E-state index in [1.165, 1.54) is 23.3 Å². The fourth-order valence-electron chi connectivity index (χ4n) is 4.28. The number of anilines is 1. The Labute approximate surface area is 177 Å². The van der Waals surface area contributed by atoms with Crippen LogP contribution >= 0.6 is 0 Å². The number of nitrogens with one attached hydrogen (secondary N) is 2. The molecule has 0 aromatic heterocycles. The molecular weight excluding hydrogens is 380 g/mol. The number of imide groups is 1. The first-order valence-corrected chi connectivity index (χ1v) is 10.6. The molecule has 1 fully saturated rings. The van der Waals surface area contributed by atoms with Gasteiger partial charge in [0, 0.05) is 37.2 Å². The van der Waals surface area contributed by atoms with E-state index in [0.717, 1.165) is 42.6 Å². The molecule has 1 saturated heterocycles. The predicted molar refractivity (Wildman–Crippen MR) is 117 cm³/mol. The molecule has 2 atom stereocenters. The van der Waals surface area contributed by atoms with E-state index in [4.69, 9.17) is 4.99 Å². The third-order valence-electron chi connectivity index (χ3n) is 6.21. The fraction of sp³-hybridized carbons (Fsp3) is 0.500. The summed E-state index contributed by atoms with van der Waals surface area (Å²) in [7, 11) is 1.67. The molecule has 4 rings (SSSR count). The summed E-state index contributed by atoms with van der Waals surface area (Å²) < 4.78 is 0. The van der Waals surface area contributed by atoms with Gasteiger partial charge in [-0.1, -0.05) is 25.5 Å². The zero-order valence-electron chi connectivity index (χ0n) is 18.1. The van der Waals surface area contributed by atoms with Gasteiger partial charge < -0.3 is 15.1 Å². The number of fused-ring (bicyclic) bond motifs is 3. The first-order chi connectivity index (χ1) is 14.4. The maximum atomic E-state index is 12.5. The summed E-state index contributed by atoms with van der Waals surface area (Å²) in [6.45, 7) is 7.71. The number of unbranched alkanes of at least 4 members (excludes halogenated alkanes) is 1. The second-order valence-corrected chi connectivity index (χ2v) is 8.11. The van der Waals surface area contributed by atoms with E-state index in [1.54, 1.807) is 7.05 Å². The van der Waals surface area contributed by atoms with Crippen LogP contribution in [0.2, 0.25) is 0 Å². The minimum Gasteiger partial charge on any atom is -0.383 e. The van der Waals surface area contributed by atoms with E-state index in [-0.39, 0.29) is 5.91 Å². The van der Waals surface area contributed by atoms with E-state index in [1.807, 2.05) is 18.7 Å². The smallest absolute Gasteiger partial charge is 0.325 e. The van der Waals surface area contributed by atoms with Crippen LogP contribution in [0.4, 0.5) is 10.5 Å². The molecule has 0 bridgehead atoms. The highest BCUT2D eigenvalue weighted by Gasteiger charge is 2.52. The normalized spacial score (nSPS) is 22.9. The Morgan fingerprint density at radius 2 is 1.87 bits per heavy atom. The Hall–Kier alpha value is -3.03. The minimum atomic E-state index is -0.508. The fourth-order valence-corrected chi connectivity index (χ4v) is 4.28. The lowest BCUT2D eigenvalue weighted by molar-refractivity contribution is -0.126. The summed E-state index contributed by atoms with van der Waals surface area (Å²) in [5, 5.41) is 5.90. The van der Waals surface area contributed by atoms with Gasteiger partial charge in [-0.25, -0.2) is 9.79 Å². The highest BCUT2D eigenvalue weighted by Crippen LogP contribution is 2.35. The Balaban J connectivity index is 1.42. The number of guanidine groups is 1. The van der Waals surface area contributed by atoms with Crippen molar-refractivity contribution in [2.45, 2.75) is 52.2 Å². The van der Waals surface area contributed by atoms with E-state index in [9.17, 15) is 9.59 Å². The lowest BCUT2D eigenvalue weighted by Gasteiger charge is -2.35. The zero-order valence-corrected chi connectivity index (χ0v) is 18.1. The molecule has 3 aliphatic rings. The van der Waals surface area contributed by atoms with Gasteiger partial charge in [-0.05, 0) is 44.4 Å². The van der Waals surface area contributed by atoms with Crippen molar-refractivity contribution in [1.82, 2.24) is 20.0 Å². The van der Waals surface area contributed by atoms with Gasteiger partial charge in [-0.15, -0.1) is 0 Å². The number of nitrogens with zero attached hydrogens (tertiary/aromatic N) is 4. The summed E-state index contributed by atoms with van der Waals surface area (Å²) in [5.74, 6) is 0.450. The third-order valence-corrected chi connectivity index (χ3v) is 6.21. The van der Waals surface area contributed by atoms with Gasteiger partial charge >= 0.3 is 6.03 Å². The van der Waals surface area contributed by atoms with Crippen LogP contribution in [0.1, 0.15) is 39.2 Å². The predicted octanol–water partition coefficient (Wildman–Crippen LogP) is 2.56. The number of amides is 3. The van der Waals surface area contributed by atoms with Crippen molar-refractivity contribution in [2.24, 2.45) is 4.99 Å². The summed E-state index contributed by atoms with van der Waals surface area (Å²) in [6, 6.07) is 7.71.